The standard InChI is InChI=1S/C9H12N2S/c1-4-12-9-7(1)6-11-3-2-10-5-8(9)11/h1,4,8,10H,2-3,5-6H2. The number of fused-ring (bicyclic) bond motifs is 3. The van der Waals surface area contributed by atoms with Crippen molar-refractivity contribution in [3.63, 3.8) is 0 Å². The molecule has 3 heteroatoms. The van der Waals surface area contributed by atoms with Crippen LogP contribution in [0, 0.1) is 0 Å². The van der Waals surface area contributed by atoms with Gasteiger partial charge in [-0.15, -0.1) is 11.3 Å². The summed E-state index contributed by atoms with van der Waals surface area (Å²) < 4.78 is 0. The van der Waals surface area contributed by atoms with Gasteiger partial charge in [-0.3, -0.25) is 4.90 Å². The summed E-state index contributed by atoms with van der Waals surface area (Å²) in [5.41, 5.74) is 1.56. The smallest absolute Gasteiger partial charge is 0.0573 e. The van der Waals surface area contributed by atoms with Gasteiger partial charge in [0.15, 0.2) is 0 Å². The average Bonchev–Trinajstić information content (AvgIpc) is 2.62. The fourth-order valence-corrected chi connectivity index (χ4v) is 3.24. The van der Waals surface area contributed by atoms with Crippen LogP contribution in [0.3, 0.4) is 0 Å². The van der Waals surface area contributed by atoms with Gasteiger partial charge >= 0.3 is 0 Å². The number of rotatable bonds is 0. The minimum atomic E-state index is 0.689. The zero-order valence-corrected chi connectivity index (χ0v) is 7.73. The van der Waals surface area contributed by atoms with Crippen molar-refractivity contribution in [1.82, 2.24) is 10.2 Å². The molecule has 1 aromatic heterocycles. The molecule has 1 fully saturated rings. The Hall–Kier alpha value is -0.380. The third-order valence-corrected chi connectivity index (χ3v) is 3.87. The molecule has 1 unspecified atom stereocenters. The van der Waals surface area contributed by atoms with Crippen molar-refractivity contribution >= 4 is 11.3 Å². The minimum Gasteiger partial charge on any atom is -0.314 e. The Balaban J connectivity index is 1.98. The lowest BCUT2D eigenvalue weighted by Crippen LogP contribution is -2.42. The third kappa shape index (κ3) is 0.873. The van der Waals surface area contributed by atoms with Crippen LogP contribution in [-0.2, 0) is 6.54 Å². The highest BCUT2D eigenvalue weighted by Crippen LogP contribution is 2.37. The maximum Gasteiger partial charge on any atom is 0.0573 e. The lowest BCUT2D eigenvalue weighted by molar-refractivity contribution is 0.180. The molecule has 0 aromatic carbocycles. The Bertz CT molecular complexity index is 294. The van der Waals surface area contributed by atoms with E-state index in [1.165, 1.54) is 13.1 Å². The first-order chi connectivity index (χ1) is 5.95. The van der Waals surface area contributed by atoms with Gasteiger partial charge in [-0.1, -0.05) is 0 Å². The predicted molar refractivity (Wildman–Crippen MR) is 50.3 cm³/mol. The molecule has 1 atom stereocenters. The van der Waals surface area contributed by atoms with E-state index in [0.717, 1.165) is 13.1 Å². The van der Waals surface area contributed by atoms with Crippen LogP contribution in [0.2, 0.25) is 0 Å². The van der Waals surface area contributed by atoms with E-state index >= 15 is 0 Å². The number of thiophene rings is 1. The monoisotopic (exact) mass is 180 g/mol. The quantitative estimate of drug-likeness (QED) is 0.645. The summed E-state index contributed by atoms with van der Waals surface area (Å²) in [6, 6.07) is 2.96. The van der Waals surface area contributed by atoms with Crippen molar-refractivity contribution in [1.29, 1.82) is 0 Å². The van der Waals surface area contributed by atoms with Gasteiger partial charge in [0.05, 0.1) is 6.04 Å². The molecule has 0 aliphatic carbocycles. The van der Waals surface area contributed by atoms with E-state index in [-0.39, 0.29) is 0 Å². The molecule has 0 amide bonds. The second kappa shape index (κ2) is 2.55. The van der Waals surface area contributed by atoms with Crippen LogP contribution in [0.25, 0.3) is 0 Å². The molecule has 0 spiro atoms. The Kier molecular flexibility index (Phi) is 1.50. The Labute approximate surface area is 76.2 Å². The van der Waals surface area contributed by atoms with Gasteiger partial charge in [0.1, 0.15) is 0 Å². The fourth-order valence-electron chi connectivity index (χ4n) is 2.18. The molecule has 0 saturated carbocycles. The van der Waals surface area contributed by atoms with Crippen LogP contribution in [0.15, 0.2) is 11.4 Å². The first-order valence-corrected chi connectivity index (χ1v) is 5.34. The zero-order chi connectivity index (χ0) is 7.97. The topological polar surface area (TPSA) is 15.3 Å². The molecular weight excluding hydrogens is 168 g/mol. The molecule has 1 N–H and O–H groups in total. The predicted octanol–water partition coefficient (Wildman–Crippen LogP) is 1.21. The number of hydrogen-bond donors (Lipinski definition) is 1. The third-order valence-electron chi connectivity index (χ3n) is 2.81. The van der Waals surface area contributed by atoms with E-state index in [9.17, 15) is 0 Å². The Morgan fingerprint density at radius 1 is 1.58 bits per heavy atom. The largest absolute Gasteiger partial charge is 0.314 e. The Morgan fingerprint density at radius 2 is 2.58 bits per heavy atom. The maximum atomic E-state index is 3.45. The summed E-state index contributed by atoms with van der Waals surface area (Å²) in [6.07, 6.45) is 0. The Morgan fingerprint density at radius 3 is 3.58 bits per heavy atom. The van der Waals surface area contributed by atoms with Crippen molar-refractivity contribution in [2.24, 2.45) is 0 Å². The van der Waals surface area contributed by atoms with E-state index < -0.39 is 0 Å². The molecule has 1 aromatic rings. The van der Waals surface area contributed by atoms with Crippen LogP contribution in [-0.4, -0.2) is 24.5 Å². The second-order valence-electron chi connectivity index (χ2n) is 3.50. The van der Waals surface area contributed by atoms with Crippen LogP contribution < -0.4 is 5.32 Å². The number of nitrogens with one attached hydrogen (secondary N) is 1. The van der Waals surface area contributed by atoms with Gasteiger partial charge in [-0.25, -0.2) is 0 Å². The first-order valence-electron chi connectivity index (χ1n) is 4.46. The molecule has 3 rings (SSSR count). The van der Waals surface area contributed by atoms with E-state index in [2.05, 4.69) is 21.7 Å². The van der Waals surface area contributed by atoms with E-state index in [1.807, 2.05) is 11.3 Å². The SMILES string of the molecule is c1cc2c(s1)C1CNCCN1C2. The van der Waals surface area contributed by atoms with Gasteiger partial charge < -0.3 is 5.32 Å². The van der Waals surface area contributed by atoms with Crippen molar-refractivity contribution in [2.45, 2.75) is 12.6 Å². The zero-order valence-electron chi connectivity index (χ0n) is 6.92. The fraction of sp³-hybridized carbons (Fsp3) is 0.556. The highest BCUT2D eigenvalue weighted by molar-refractivity contribution is 7.10. The molecular formula is C9H12N2S. The summed E-state index contributed by atoms with van der Waals surface area (Å²) in [5.74, 6) is 0. The van der Waals surface area contributed by atoms with Gasteiger partial charge in [-0.05, 0) is 17.0 Å². The van der Waals surface area contributed by atoms with Crippen molar-refractivity contribution in [2.75, 3.05) is 19.6 Å². The molecule has 3 heterocycles. The average molecular weight is 180 g/mol. The molecule has 2 aliphatic rings. The summed E-state index contributed by atoms with van der Waals surface area (Å²) in [7, 11) is 0. The van der Waals surface area contributed by atoms with Gasteiger partial charge in [0, 0.05) is 31.1 Å². The summed E-state index contributed by atoms with van der Waals surface area (Å²) in [6.45, 7) is 4.70. The normalized spacial score (nSPS) is 28.5. The van der Waals surface area contributed by atoms with Gasteiger partial charge in [0.25, 0.3) is 0 Å². The van der Waals surface area contributed by atoms with Gasteiger partial charge in [0.2, 0.25) is 0 Å². The molecule has 2 nitrogen and oxygen atoms in total. The minimum absolute atomic E-state index is 0.689. The molecule has 12 heavy (non-hydrogen) atoms. The molecule has 0 radical (unpaired) electrons. The summed E-state index contributed by atoms with van der Waals surface area (Å²) >= 11 is 1.92. The molecule has 2 aliphatic heterocycles. The lowest BCUT2D eigenvalue weighted by atomic mass is 10.2. The van der Waals surface area contributed by atoms with E-state index in [0.29, 0.717) is 6.04 Å². The number of piperazine rings is 1. The summed E-state index contributed by atoms with van der Waals surface area (Å²) in [5, 5.41) is 5.67. The highest BCUT2D eigenvalue weighted by Gasteiger charge is 2.32. The van der Waals surface area contributed by atoms with Crippen molar-refractivity contribution in [3.05, 3.63) is 21.9 Å². The van der Waals surface area contributed by atoms with Crippen LogP contribution in [0.5, 0.6) is 0 Å². The molecule has 0 bridgehead atoms. The van der Waals surface area contributed by atoms with Crippen LogP contribution >= 0.6 is 11.3 Å². The van der Waals surface area contributed by atoms with Crippen molar-refractivity contribution < 1.29 is 0 Å². The molecule has 1 saturated heterocycles. The van der Waals surface area contributed by atoms with E-state index in [1.54, 1.807) is 10.4 Å². The van der Waals surface area contributed by atoms with Crippen LogP contribution in [0.1, 0.15) is 16.5 Å². The van der Waals surface area contributed by atoms with Crippen LogP contribution in [0.4, 0.5) is 0 Å². The summed E-state index contributed by atoms with van der Waals surface area (Å²) in [4.78, 5) is 4.18. The number of hydrogen-bond acceptors (Lipinski definition) is 3. The lowest BCUT2D eigenvalue weighted by Gasteiger charge is -2.30. The molecule has 64 valence electrons. The van der Waals surface area contributed by atoms with Crippen molar-refractivity contribution in [3.8, 4) is 0 Å². The van der Waals surface area contributed by atoms with E-state index in [4.69, 9.17) is 0 Å². The van der Waals surface area contributed by atoms with Gasteiger partial charge in [-0.2, -0.15) is 0 Å². The maximum absolute atomic E-state index is 3.45. The second-order valence-corrected chi connectivity index (χ2v) is 4.45. The highest BCUT2D eigenvalue weighted by atomic mass is 32.1. The first kappa shape index (κ1) is 7.06. The number of nitrogens with zero attached hydrogens (tertiary/aromatic N) is 1.